The number of amides is 1. The van der Waals surface area contributed by atoms with Gasteiger partial charge in [0, 0.05) is 20.1 Å². The van der Waals surface area contributed by atoms with Crippen molar-refractivity contribution in [3.63, 3.8) is 0 Å². The monoisotopic (exact) mass is 381 g/mol. The molecule has 1 amide bonds. The zero-order valence-electron chi connectivity index (χ0n) is 16.3. The number of carbonyl (C=O) groups is 1. The third-order valence-electron chi connectivity index (χ3n) is 4.81. The van der Waals surface area contributed by atoms with Crippen molar-refractivity contribution in [3.05, 3.63) is 29.3 Å². The van der Waals surface area contributed by atoms with Crippen LogP contribution in [0.25, 0.3) is 0 Å². The van der Waals surface area contributed by atoms with Crippen molar-refractivity contribution < 1.29 is 13.2 Å². The molecule has 7 heteroatoms. The van der Waals surface area contributed by atoms with Crippen molar-refractivity contribution in [2.45, 2.75) is 38.5 Å². The highest BCUT2D eigenvalue weighted by molar-refractivity contribution is 7.89. The van der Waals surface area contributed by atoms with Crippen LogP contribution in [0, 0.1) is 19.8 Å². The topological polar surface area (TPSA) is 69.7 Å². The SMILES string of the molecule is Cc1ccc(S(=O)(=O)NCC(=O)N(C)CC(C)CN2CCCC2)c(C)c1. The summed E-state index contributed by atoms with van der Waals surface area (Å²) in [4.78, 5) is 16.6. The first kappa shape index (κ1) is 20.9. The van der Waals surface area contributed by atoms with Gasteiger partial charge in [0.2, 0.25) is 15.9 Å². The molecule has 1 N–H and O–H groups in total. The Morgan fingerprint density at radius 3 is 2.54 bits per heavy atom. The van der Waals surface area contributed by atoms with E-state index in [0.717, 1.165) is 25.2 Å². The molecular formula is C19H31N3O3S. The summed E-state index contributed by atoms with van der Waals surface area (Å²) in [5.41, 5.74) is 1.68. The molecule has 0 bridgehead atoms. The van der Waals surface area contributed by atoms with E-state index in [1.165, 1.54) is 12.8 Å². The molecule has 0 aromatic heterocycles. The van der Waals surface area contributed by atoms with Crippen LogP contribution in [-0.2, 0) is 14.8 Å². The number of sulfonamides is 1. The molecule has 1 aromatic rings. The van der Waals surface area contributed by atoms with Gasteiger partial charge >= 0.3 is 0 Å². The number of likely N-dealkylation sites (N-methyl/N-ethyl adjacent to an activating group) is 1. The van der Waals surface area contributed by atoms with Crippen LogP contribution in [0.4, 0.5) is 0 Å². The normalized spacial score (nSPS) is 16.6. The number of carbonyl (C=O) groups excluding carboxylic acids is 1. The zero-order valence-corrected chi connectivity index (χ0v) is 17.1. The van der Waals surface area contributed by atoms with E-state index in [0.29, 0.717) is 18.0 Å². The number of hydrogen-bond donors (Lipinski definition) is 1. The molecule has 2 rings (SSSR count). The number of rotatable bonds is 8. The Morgan fingerprint density at radius 1 is 1.27 bits per heavy atom. The summed E-state index contributed by atoms with van der Waals surface area (Å²) in [6, 6.07) is 5.16. The van der Waals surface area contributed by atoms with Gasteiger partial charge in [-0.15, -0.1) is 0 Å². The Bertz CT molecular complexity index is 728. The van der Waals surface area contributed by atoms with E-state index in [1.807, 2.05) is 13.0 Å². The molecule has 1 aromatic carbocycles. The lowest BCUT2D eigenvalue weighted by atomic mass is 10.1. The quantitative estimate of drug-likeness (QED) is 0.745. The standard InChI is InChI=1S/C19H31N3O3S/c1-15-7-8-18(17(3)11-15)26(24,25)20-12-19(23)21(4)13-16(2)14-22-9-5-6-10-22/h7-8,11,16,20H,5-6,9-10,12-14H2,1-4H3. The van der Waals surface area contributed by atoms with Crippen LogP contribution in [0.15, 0.2) is 23.1 Å². The highest BCUT2D eigenvalue weighted by Crippen LogP contribution is 2.16. The maximum absolute atomic E-state index is 12.5. The predicted molar refractivity (Wildman–Crippen MR) is 104 cm³/mol. The van der Waals surface area contributed by atoms with Crippen molar-refractivity contribution in [1.82, 2.24) is 14.5 Å². The van der Waals surface area contributed by atoms with Crippen LogP contribution in [0.2, 0.25) is 0 Å². The third kappa shape index (κ3) is 5.79. The molecule has 1 fully saturated rings. The number of likely N-dealkylation sites (tertiary alicyclic amines) is 1. The van der Waals surface area contributed by atoms with E-state index in [4.69, 9.17) is 0 Å². The third-order valence-corrected chi connectivity index (χ3v) is 6.37. The number of nitrogens with zero attached hydrogens (tertiary/aromatic N) is 2. The minimum absolute atomic E-state index is 0.216. The Balaban J connectivity index is 1.86. The molecule has 0 radical (unpaired) electrons. The van der Waals surface area contributed by atoms with E-state index >= 15 is 0 Å². The fourth-order valence-corrected chi connectivity index (χ4v) is 4.70. The maximum Gasteiger partial charge on any atom is 0.241 e. The second-order valence-electron chi connectivity index (χ2n) is 7.48. The zero-order chi connectivity index (χ0) is 19.3. The van der Waals surface area contributed by atoms with Crippen LogP contribution in [0.5, 0.6) is 0 Å². The summed E-state index contributed by atoms with van der Waals surface area (Å²) in [7, 11) is -1.96. The van der Waals surface area contributed by atoms with Crippen molar-refractivity contribution in [3.8, 4) is 0 Å². The highest BCUT2D eigenvalue weighted by Gasteiger charge is 2.21. The van der Waals surface area contributed by atoms with E-state index < -0.39 is 10.0 Å². The Morgan fingerprint density at radius 2 is 1.92 bits per heavy atom. The van der Waals surface area contributed by atoms with Crippen LogP contribution >= 0.6 is 0 Å². The van der Waals surface area contributed by atoms with Crippen LogP contribution in [-0.4, -0.2) is 63.9 Å². The number of benzene rings is 1. The molecule has 0 saturated carbocycles. The summed E-state index contributed by atoms with van der Waals surface area (Å²) < 4.78 is 27.3. The average Bonchev–Trinajstić information content (AvgIpc) is 3.04. The van der Waals surface area contributed by atoms with Crippen molar-refractivity contribution in [2.24, 2.45) is 5.92 Å². The van der Waals surface area contributed by atoms with E-state index in [-0.39, 0.29) is 17.3 Å². The van der Waals surface area contributed by atoms with Crippen molar-refractivity contribution in [2.75, 3.05) is 39.8 Å². The Kier molecular flexibility index (Phi) is 7.20. The van der Waals surface area contributed by atoms with Gasteiger partial charge in [-0.1, -0.05) is 24.6 Å². The minimum Gasteiger partial charge on any atom is -0.344 e. The van der Waals surface area contributed by atoms with Gasteiger partial charge in [0.1, 0.15) is 0 Å². The molecule has 1 atom stereocenters. The molecule has 6 nitrogen and oxygen atoms in total. The van der Waals surface area contributed by atoms with Crippen molar-refractivity contribution >= 4 is 15.9 Å². The molecule has 0 spiro atoms. The molecule has 1 aliphatic rings. The second-order valence-corrected chi connectivity index (χ2v) is 9.22. The largest absolute Gasteiger partial charge is 0.344 e. The Hall–Kier alpha value is -1.44. The fraction of sp³-hybridized carbons (Fsp3) is 0.632. The summed E-state index contributed by atoms with van der Waals surface area (Å²) >= 11 is 0. The lowest BCUT2D eigenvalue weighted by molar-refractivity contribution is -0.129. The average molecular weight is 382 g/mol. The molecular weight excluding hydrogens is 350 g/mol. The summed E-state index contributed by atoms with van der Waals surface area (Å²) in [6.07, 6.45) is 2.50. The van der Waals surface area contributed by atoms with Gasteiger partial charge in [-0.25, -0.2) is 13.1 Å². The number of hydrogen-bond acceptors (Lipinski definition) is 4. The first-order valence-corrected chi connectivity index (χ1v) is 10.7. The van der Waals surface area contributed by atoms with Gasteiger partial charge in [0.15, 0.2) is 0 Å². The van der Waals surface area contributed by atoms with Gasteiger partial charge in [0.25, 0.3) is 0 Å². The summed E-state index contributed by atoms with van der Waals surface area (Å²) in [6.45, 7) is 9.46. The number of nitrogens with one attached hydrogen (secondary N) is 1. The summed E-state index contributed by atoms with van der Waals surface area (Å²) in [5, 5.41) is 0. The predicted octanol–water partition coefficient (Wildman–Crippen LogP) is 1.77. The van der Waals surface area contributed by atoms with Gasteiger partial charge in [-0.3, -0.25) is 4.79 Å². The minimum atomic E-state index is -3.69. The van der Waals surface area contributed by atoms with E-state index in [1.54, 1.807) is 31.0 Å². The van der Waals surface area contributed by atoms with E-state index in [2.05, 4.69) is 16.5 Å². The van der Waals surface area contributed by atoms with Crippen molar-refractivity contribution in [1.29, 1.82) is 0 Å². The second kappa shape index (κ2) is 8.97. The summed E-state index contributed by atoms with van der Waals surface area (Å²) in [5.74, 6) is 0.143. The molecule has 1 saturated heterocycles. The van der Waals surface area contributed by atoms with Gasteiger partial charge < -0.3 is 9.80 Å². The molecule has 1 heterocycles. The van der Waals surface area contributed by atoms with Crippen LogP contribution in [0.3, 0.4) is 0 Å². The van der Waals surface area contributed by atoms with Gasteiger partial charge in [-0.2, -0.15) is 0 Å². The molecule has 1 unspecified atom stereocenters. The lowest BCUT2D eigenvalue weighted by Crippen LogP contribution is -2.41. The molecule has 0 aliphatic carbocycles. The molecule has 146 valence electrons. The van der Waals surface area contributed by atoms with Gasteiger partial charge in [-0.05, 0) is 57.3 Å². The maximum atomic E-state index is 12.5. The van der Waals surface area contributed by atoms with Crippen LogP contribution < -0.4 is 4.72 Å². The first-order valence-electron chi connectivity index (χ1n) is 9.22. The van der Waals surface area contributed by atoms with Gasteiger partial charge in [0.05, 0.1) is 11.4 Å². The van der Waals surface area contributed by atoms with E-state index in [9.17, 15) is 13.2 Å². The lowest BCUT2D eigenvalue weighted by Gasteiger charge is -2.25. The smallest absolute Gasteiger partial charge is 0.241 e. The fourth-order valence-electron chi connectivity index (χ4n) is 3.50. The highest BCUT2D eigenvalue weighted by atomic mass is 32.2. The van der Waals surface area contributed by atoms with Crippen LogP contribution in [0.1, 0.15) is 30.9 Å². The first-order chi connectivity index (χ1) is 12.2. The molecule has 26 heavy (non-hydrogen) atoms. The Labute approximate surface area is 157 Å². The molecule has 1 aliphatic heterocycles. The number of aryl methyl sites for hydroxylation is 2.